The largest absolute Gasteiger partial charge is 0.394 e. The van der Waals surface area contributed by atoms with Crippen molar-refractivity contribution in [2.75, 3.05) is 17.7 Å². The molecule has 5 heteroatoms. The Bertz CT molecular complexity index is 337. The van der Waals surface area contributed by atoms with Crippen LogP contribution in [0.4, 0.5) is 11.5 Å². The van der Waals surface area contributed by atoms with Gasteiger partial charge in [-0.3, -0.25) is 9.69 Å². The number of amides is 1. The lowest BCUT2D eigenvalue weighted by molar-refractivity contribution is -0.116. The molecule has 0 saturated carbocycles. The summed E-state index contributed by atoms with van der Waals surface area (Å²) in [5, 5.41) is 0. The Morgan fingerprint density at radius 1 is 1.54 bits per heavy atom. The van der Waals surface area contributed by atoms with Gasteiger partial charge < -0.3 is 5.73 Å². The number of anilines is 2. The molecule has 1 aromatic heterocycles. The van der Waals surface area contributed by atoms with E-state index in [1.54, 1.807) is 14.0 Å². The highest BCUT2D eigenvalue weighted by molar-refractivity contribution is 5.92. The van der Waals surface area contributed by atoms with Crippen LogP contribution in [0, 0.1) is 6.92 Å². The zero-order chi connectivity index (χ0) is 10.0. The van der Waals surface area contributed by atoms with Crippen LogP contribution in [0.2, 0.25) is 0 Å². The van der Waals surface area contributed by atoms with E-state index in [1.807, 2.05) is 0 Å². The minimum Gasteiger partial charge on any atom is -0.394 e. The van der Waals surface area contributed by atoms with E-state index in [0.29, 0.717) is 17.2 Å². The lowest BCUT2D eigenvalue weighted by atomic mass is 10.3. The van der Waals surface area contributed by atoms with E-state index in [2.05, 4.69) is 9.97 Å². The Balaban J connectivity index is 3.15. The van der Waals surface area contributed by atoms with Crippen molar-refractivity contribution in [3.05, 3.63) is 12.0 Å². The van der Waals surface area contributed by atoms with Gasteiger partial charge in [-0.15, -0.1) is 0 Å². The van der Waals surface area contributed by atoms with Gasteiger partial charge in [-0.1, -0.05) is 0 Å². The number of carbonyl (C=O) groups excluding carboxylic acids is 1. The minimum atomic E-state index is -0.107. The van der Waals surface area contributed by atoms with Gasteiger partial charge in [0.15, 0.2) is 5.82 Å². The zero-order valence-corrected chi connectivity index (χ0v) is 7.90. The molecule has 0 aliphatic heterocycles. The number of hydrogen-bond acceptors (Lipinski definition) is 4. The van der Waals surface area contributed by atoms with Crippen molar-refractivity contribution in [2.45, 2.75) is 13.8 Å². The summed E-state index contributed by atoms with van der Waals surface area (Å²) in [6, 6.07) is 0. The van der Waals surface area contributed by atoms with Crippen LogP contribution < -0.4 is 10.6 Å². The van der Waals surface area contributed by atoms with Gasteiger partial charge >= 0.3 is 0 Å². The SMILES string of the molecule is CC(=O)N(C)c1ncnc(C)c1N. The topological polar surface area (TPSA) is 72.1 Å². The van der Waals surface area contributed by atoms with E-state index < -0.39 is 0 Å². The Morgan fingerprint density at radius 3 is 2.69 bits per heavy atom. The fraction of sp³-hybridized carbons (Fsp3) is 0.375. The van der Waals surface area contributed by atoms with Gasteiger partial charge in [-0.25, -0.2) is 9.97 Å². The monoisotopic (exact) mass is 180 g/mol. The van der Waals surface area contributed by atoms with E-state index in [9.17, 15) is 4.79 Å². The summed E-state index contributed by atoms with van der Waals surface area (Å²) in [5.74, 6) is 0.352. The normalized spacial score (nSPS) is 9.77. The highest BCUT2D eigenvalue weighted by Crippen LogP contribution is 2.19. The molecule has 0 radical (unpaired) electrons. The van der Waals surface area contributed by atoms with Crippen LogP contribution in [0.25, 0.3) is 0 Å². The van der Waals surface area contributed by atoms with Crippen LogP contribution in [0.5, 0.6) is 0 Å². The molecule has 5 nitrogen and oxygen atoms in total. The molecule has 0 aromatic carbocycles. The van der Waals surface area contributed by atoms with Crippen LogP contribution in [0.15, 0.2) is 6.33 Å². The maximum atomic E-state index is 11.0. The van der Waals surface area contributed by atoms with Crippen molar-refractivity contribution < 1.29 is 4.79 Å². The molecule has 1 aromatic rings. The number of rotatable bonds is 1. The van der Waals surface area contributed by atoms with Crippen LogP contribution in [-0.2, 0) is 4.79 Å². The molecule has 1 heterocycles. The summed E-state index contributed by atoms with van der Waals surface area (Å²) in [4.78, 5) is 20.2. The fourth-order valence-corrected chi connectivity index (χ4v) is 0.887. The zero-order valence-electron chi connectivity index (χ0n) is 7.90. The van der Waals surface area contributed by atoms with E-state index in [4.69, 9.17) is 5.73 Å². The van der Waals surface area contributed by atoms with Crippen molar-refractivity contribution in [3.63, 3.8) is 0 Å². The fourth-order valence-electron chi connectivity index (χ4n) is 0.887. The first kappa shape index (κ1) is 9.44. The molecule has 0 fully saturated rings. The molecule has 0 bridgehead atoms. The lowest BCUT2D eigenvalue weighted by Gasteiger charge is -2.15. The molecular weight excluding hydrogens is 168 g/mol. The minimum absolute atomic E-state index is 0.107. The van der Waals surface area contributed by atoms with Crippen molar-refractivity contribution in [3.8, 4) is 0 Å². The molecule has 0 saturated heterocycles. The Hall–Kier alpha value is -1.65. The van der Waals surface area contributed by atoms with E-state index in [-0.39, 0.29) is 5.91 Å². The molecular formula is C8H12N4O. The quantitative estimate of drug-likeness (QED) is 0.676. The van der Waals surface area contributed by atoms with Crippen LogP contribution in [-0.4, -0.2) is 22.9 Å². The van der Waals surface area contributed by atoms with Gasteiger partial charge in [0.25, 0.3) is 0 Å². The number of carbonyl (C=O) groups is 1. The second-order valence-electron chi connectivity index (χ2n) is 2.77. The first-order chi connectivity index (χ1) is 6.04. The molecule has 1 rings (SSSR count). The van der Waals surface area contributed by atoms with Gasteiger partial charge in [0.1, 0.15) is 6.33 Å². The van der Waals surface area contributed by atoms with Crippen LogP contribution in [0.1, 0.15) is 12.6 Å². The Kier molecular flexibility index (Phi) is 2.46. The lowest BCUT2D eigenvalue weighted by Crippen LogP contribution is -2.25. The number of nitrogens with zero attached hydrogens (tertiary/aromatic N) is 3. The van der Waals surface area contributed by atoms with Crippen molar-refractivity contribution >= 4 is 17.4 Å². The summed E-state index contributed by atoms with van der Waals surface area (Å²) in [6.07, 6.45) is 1.39. The van der Waals surface area contributed by atoms with Gasteiger partial charge in [-0.2, -0.15) is 0 Å². The number of nitrogen functional groups attached to an aromatic ring is 1. The Morgan fingerprint density at radius 2 is 2.15 bits per heavy atom. The van der Waals surface area contributed by atoms with E-state index in [1.165, 1.54) is 18.2 Å². The highest BCUT2D eigenvalue weighted by Gasteiger charge is 2.11. The highest BCUT2D eigenvalue weighted by atomic mass is 16.2. The van der Waals surface area contributed by atoms with Crippen molar-refractivity contribution in [1.82, 2.24) is 9.97 Å². The standard InChI is InChI=1S/C8H12N4O/c1-5-7(9)8(11-4-10-5)12(3)6(2)13/h4H,9H2,1-3H3. The van der Waals surface area contributed by atoms with Crippen LogP contribution in [0.3, 0.4) is 0 Å². The van der Waals surface area contributed by atoms with Crippen molar-refractivity contribution in [1.29, 1.82) is 0 Å². The summed E-state index contributed by atoms with van der Waals surface area (Å²) < 4.78 is 0. The summed E-state index contributed by atoms with van der Waals surface area (Å²) in [5.41, 5.74) is 6.83. The molecule has 0 aliphatic carbocycles. The molecule has 13 heavy (non-hydrogen) atoms. The predicted octanol–water partition coefficient (Wildman–Crippen LogP) is 0.350. The van der Waals surface area contributed by atoms with Crippen molar-refractivity contribution in [2.24, 2.45) is 0 Å². The first-order valence-corrected chi connectivity index (χ1v) is 3.85. The van der Waals surface area contributed by atoms with E-state index in [0.717, 1.165) is 0 Å². The molecule has 0 unspecified atom stereocenters. The van der Waals surface area contributed by atoms with Gasteiger partial charge in [0.2, 0.25) is 5.91 Å². The second-order valence-corrected chi connectivity index (χ2v) is 2.77. The third-order valence-electron chi connectivity index (χ3n) is 1.85. The maximum Gasteiger partial charge on any atom is 0.224 e. The predicted molar refractivity (Wildman–Crippen MR) is 50.3 cm³/mol. The van der Waals surface area contributed by atoms with Gasteiger partial charge in [0, 0.05) is 14.0 Å². The average Bonchev–Trinajstić information content (AvgIpc) is 2.08. The summed E-state index contributed by atoms with van der Waals surface area (Å²) in [6.45, 7) is 3.23. The first-order valence-electron chi connectivity index (χ1n) is 3.85. The van der Waals surface area contributed by atoms with Crippen LogP contribution >= 0.6 is 0 Å². The Labute approximate surface area is 76.6 Å². The summed E-state index contributed by atoms with van der Waals surface area (Å²) >= 11 is 0. The molecule has 0 atom stereocenters. The number of hydrogen-bond donors (Lipinski definition) is 1. The van der Waals surface area contributed by atoms with Gasteiger partial charge in [-0.05, 0) is 6.92 Å². The smallest absolute Gasteiger partial charge is 0.224 e. The number of nitrogens with two attached hydrogens (primary N) is 1. The second kappa shape index (κ2) is 3.38. The van der Waals surface area contributed by atoms with E-state index >= 15 is 0 Å². The number of aromatic nitrogens is 2. The molecule has 1 amide bonds. The molecule has 2 N–H and O–H groups in total. The molecule has 0 spiro atoms. The third-order valence-corrected chi connectivity index (χ3v) is 1.85. The van der Waals surface area contributed by atoms with Gasteiger partial charge in [0.05, 0.1) is 11.4 Å². The molecule has 70 valence electrons. The summed E-state index contributed by atoms with van der Waals surface area (Å²) in [7, 11) is 1.63. The average molecular weight is 180 g/mol. The maximum absolute atomic E-state index is 11.0. The molecule has 0 aliphatic rings. The number of aryl methyl sites for hydroxylation is 1. The third kappa shape index (κ3) is 1.74.